The molecule has 16 nitrogen and oxygen atoms in total. The van der Waals surface area contributed by atoms with Crippen LogP contribution in [0.4, 0.5) is 20.2 Å². The minimum Gasteiger partial charge on any atom is -0.382 e. The summed E-state index contributed by atoms with van der Waals surface area (Å²) >= 11 is 0. The standard InChI is InChI=1S/C27H32F2N6O10/c28-24(29)23-20(35(40)41)16-33(32-23)7-9-43-11-13-45-15-14-44-12-10-42-8-6-30-18-3-1-2-17-22(18)27(39)34(26(17)38)19-4-5-21(36)31-25(19)37/h1-3,16,19,24,30H,4-15H2,(H,31,36,37). The van der Waals surface area contributed by atoms with Gasteiger partial charge in [-0.1, -0.05) is 6.07 Å². The number of nitro groups is 1. The number of hydrogen-bond acceptors (Lipinski definition) is 12. The molecule has 3 heterocycles. The van der Waals surface area contributed by atoms with Crippen molar-refractivity contribution in [3.05, 3.63) is 51.3 Å². The second-order valence-electron chi connectivity index (χ2n) is 9.77. The third-order valence-electron chi connectivity index (χ3n) is 6.78. The Hall–Kier alpha value is -4.39. The summed E-state index contributed by atoms with van der Waals surface area (Å²) in [6.07, 6.45) is -1.98. The van der Waals surface area contributed by atoms with Gasteiger partial charge < -0.3 is 24.3 Å². The molecule has 2 aromatic rings. The highest BCUT2D eigenvalue weighted by Crippen LogP contribution is 2.32. The van der Waals surface area contributed by atoms with Crippen molar-refractivity contribution in [2.75, 3.05) is 64.7 Å². The van der Waals surface area contributed by atoms with Crippen molar-refractivity contribution in [1.82, 2.24) is 20.0 Å². The molecule has 18 heteroatoms. The Bertz CT molecular complexity index is 1400. The fourth-order valence-electron chi connectivity index (χ4n) is 4.68. The lowest BCUT2D eigenvalue weighted by Crippen LogP contribution is -2.54. The molecule has 0 radical (unpaired) electrons. The molecule has 0 aliphatic carbocycles. The molecule has 0 spiro atoms. The molecule has 0 bridgehead atoms. The zero-order chi connectivity index (χ0) is 32.3. The average Bonchev–Trinajstić information content (AvgIpc) is 3.55. The van der Waals surface area contributed by atoms with Crippen LogP contribution in [0.1, 0.15) is 45.7 Å². The van der Waals surface area contributed by atoms with E-state index >= 15 is 0 Å². The van der Waals surface area contributed by atoms with Crippen LogP contribution in [0.2, 0.25) is 0 Å². The lowest BCUT2D eigenvalue weighted by atomic mass is 10.0. The normalized spacial score (nSPS) is 16.4. The van der Waals surface area contributed by atoms with Gasteiger partial charge in [-0.15, -0.1) is 0 Å². The van der Waals surface area contributed by atoms with E-state index in [1.165, 1.54) is 6.07 Å². The number of carbonyl (C=O) groups is 4. The number of nitrogens with zero attached hydrogens (tertiary/aromatic N) is 4. The van der Waals surface area contributed by atoms with Gasteiger partial charge in [0.1, 0.15) is 12.2 Å². The van der Waals surface area contributed by atoms with Crippen LogP contribution < -0.4 is 10.6 Å². The minimum atomic E-state index is -3.04. The number of hydrogen-bond donors (Lipinski definition) is 2. The minimum absolute atomic E-state index is 0.0429. The first-order chi connectivity index (χ1) is 21.7. The molecule has 2 aliphatic rings. The summed E-state index contributed by atoms with van der Waals surface area (Å²) in [5.41, 5.74) is -0.811. The van der Waals surface area contributed by atoms with Crippen molar-refractivity contribution in [2.45, 2.75) is 31.9 Å². The van der Waals surface area contributed by atoms with Gasteiger partial charge in [0.15, 0.2) is 0 Å². The molecular formula is C27H32F2N6O10. The number of alkyl halides is 2. The van der Waals surface area contributed by atoms with Gasteiger partial charge in [-0.2, -0.15) is 5.10 Å². The molecule has 1 atom stereocenters. The van der Waals surface area contributed by atoms with Gasteiger partial charge in [0, 0.05) is 18.7 Å². The topological polar surface area (TPSA) is 193 Å². The molecule has 1 saturated heterocycles. The van der Waals surface area contributed by atoms with Crippen molar-refractivity contribution >= 4 is 35.0 Å². The van der Waals surface area contributed by atoms with Crippen molar-refractivity contribution in [3.8, 4) is 0 Å². The third kappa shape index (κ3) is 8.62. The molecule has 244 valence electrons. The van der Waals surface area contributed by atoms with E-state index in [9.17, 15) is 38.1 Å². The van der Waals surface area contributed by atoms with E-state index in [4.69, 9.17) is 18.9 Å². The lowest BCUT2D eigenvalue weighted by molar-refractivity contribution is -0.386. The maximum atomic E-state index is 13.1. The van der Waals surface area contributed by atoms with Crippen LogP contribution in [-0.4, -0.2) is 109 Å². The Kier molecular flexibility index (Phi) is 12.0. The predicted octanol–water partition coefficient (Wildman–Crippen LogP) is 1.31. The van der Waals surface area contributed by atoms with E-state index in [1.807, 2.05) is 0 Å². The molecular weight excluding hydrogens is 606 g/mol. The van der Waals surface area contributed by atoms with Gasteiger partial charge in [0.05, 0.1) is 75.5 Å². The van der Waals surface area contributed by atoms with Gasteiger partial charge in [0.2, 0.25) is 17.5 Å². The van der Waals surface area contributed by atoms with Crippen LogP contribution >= 0.6 is 0 Å². The first kappa shape index (κ1) is 33.5. The maximum absolute atomic E-state index is 13.1. The Morgan fingerprint density at radius 3 is 2.22 bits per heavy atom. The van der Waals surface area contributed by atoms with Crippen molar-refractivity contribution in [3.63, 3.8) is 0 Å². The smallest absolute Gasteiger partial charge is 0.316 e. The Labute approximate surface area is 255 Å². The second-order valence-corrected chi connectivity index (χ2v) is 9.77. The highest BCUT2D eigenvalue weighted by atomic mass is 19.3. The Balaban J connectivity index is 1.03. The number of halogens is 2. The summed E-state index contributed by atoms with van der Waals surface area (Å²) in [6.45, 7) is 2.51. The second kappa shape index (κ2) is 16.1. The number of imide groups is 2. The summed E-state index contributed by atoms with van der Waals surface area (Å²) in [5, 5.41) is 19.6. The molecule has 2 aliphatic heterocycles. The van der Waals surface area contributed by atoms with Gasteiger partial charge >= 0.3 is 5.69 Å². The average molecular weight is 639 g/mol. The summed E-state index contributed by atoms with van der Waals surface area (Å²) < 4.78 is 48.3. The first-order valence-electron chi connectivity index (χ1n) is 14.1. The number of carbonyl (C=O) groups excluding carboxylic acids is 4. The summed E-state index contributed by atoms with van der Waals surface area (Å²) in [6, 6.07) is 3.77. The van der Waals surface area contributed by atoms with E-state index in [1.54, 1.807) is 12.1 Å². The number of anilines is 1. The number of rotatable bonds is 19. The zero-order valence-corrected chi connectivity index (χ0v) is 24.1. The lowest BCUT2D eigenvalue weighted by Gasteiger charge is -2.27. The number of ether oxygens (including phenoxy) is 4. The van der Waals surface area contributed by atoms with E-state index in [0.717, 1.165) is 15.8 Å². The van der Waals surface area contributed by atoms with Crippen molar-refractivity contribution in [2.24, 2.45) is 0 Å². The van der Waals surface area contributed by atoms with Gasteiger partial charge in [-0.05, 0) is 18.6 Å². The predicted molar refractivity (Wildman–Crippen MR) is 149 cm³/mol. The van der Waals surface area contributed by atoms with Crippen LogP contribution in [-0.2, 0) is 35.1 Å². The molecule has 45 heavy (non-hydrogen) atoms. The van der Waals surface area contributed by atoms with Crippen LogP contribution in [0.5, 0.6) is 0 Å². The molecule has 1 unspecified atom stereocenters. The fraction of sp³-hybridized carbons (Fsp3) is 0.519. The van der Waals surface area contributed by atoms with Crippen molar-refractivity contribution < 1.29 is 51.8 Å². The quantitative estimate of drug-likeness (QED) is 0.0971. The number of amides is 4. The van der Waals surface area contributed by atoms with E-state index in [2.05, 4.69) is 15.7 Å². The number of aromatic nitrogens is 2. The summed E-state index contributed by atoms with van der Waals surface area (Å²) in [5.74, 6) is -2.28. The SMILES string of the molecule is O=C1CCC(N2C(=O)c3cccc(NCCOCCOCCOCCOCCn4cc([N+](=O)[O-])c(C(F)F)n4)c3C2=O)C(=O)N1. The third-order valence-corrected chi connectivity index (χ3v) is 6.78. The molecule has 4 rings (SSSR count). The Morgan fingerprint density at radius 1 is 0.978 bits per heavy atom. The van der Waals surface area contributed by atoms with Gasteiger partial charge in [0.25, 0.3) is 18.2 Å². The summed E-state index contributed by atoms with van der Waals surface area (Å²) in [7, 11) is 0. The number of benzene rings is 1. The van der Waals surface area contributed by atoms with Gasteiger partial charge in [-0.3, -0.25) is 44.2 Å². The molecule has 4 amide bonds. The van der Waals surface area contributed by atoms with Crippen LogP contribution in [0, 0.1) is 10.1 Å². The largest absolute Gasteiger partial charge is 0.382 e. The molecule has 2 N–H and O–H groups in total. The van der Waals surface area contributed by atoms with Crippen LogP contribution in [0.25, 0.3) is 0 Å². The summed E-state index contributed by atoms with van der Waals surface area (Å²) in [4.78, 5) is 60.5. The zero-order valence-electron chi connectivity index (χ0n) is 24.1. The van der Waals surface area contributed by atoms with Crippen LogP contribution in [0.3, 0.4) is 0 Å². The number of fused-ring (bicyclic) bond motifs is 1. The monoisotopic (exact) mass is 638 g/mol. The number of piperidine rings is 1. The molecule has 1 aromatic carbocycles. The molecule has 0 saturated carbocycles. The molecule has 1 fully saturated rings. The van der Waals surface area contributed by atoms with Gasteiger partial charge in [-0.25, -0.2) is 8.78 Å². The number of nitrogens with one attached hydrogen (secondary N) is 2. The van der Waals surface area contributed by atoms with Crippen LogP contribution in [0.15, 0.2) is 24.4 Å². The van der Waals surface area contributed by atoms with Crippen molar-refractivity contribution in [1.29, 1.82) is 0 Å². The maximum Gasteiger partial charge on any atom is 0.316 e. The first-order valence-corrected chi connectivity index (χ1v) is 14.1. The fourth-order valence-corrected chi connectivity index (χ4v) is 4.68. The van der Waals surface area contributed by atoms with E-state index in [0.29, 0.717) is 38.7 Å². The Morgan fingerprint density at radius 2 is 1.62 bits per heavy atom. The molecule has 1 aromatic heterocycles. The highest BCUT2D eigenvalue weighted by molar-refractivity contribution is 6.25. The van der Waals surface area contributed by atoms with E-state index < -0.39 is 52.4 Å². The highest BCUT2D eigenvalue weighted by Gasteiger charge is 2.45. The van der Waals surface area contributed by atoms with E-state index in [-0.39, 0.29) is 56.9 Å².